The fourth-order valence-electron chi connectivity index (χ4n) is 1.99. The second-order valence-electron chi connectivity index (χ2n) is 4.94. The number of alkyl halides is 3. The molecule has 0 saturated heterocycles. The Bertz CT molecular complexity index is 713. The first kappa shape index (κ1) is 17.5. The lowest BCUT2D eigenvalue weighted by Gasteiger charge is -2.16. The standard InChI is InChI=1S/C16H12BrF4NO/c1-9(10-2-4-11(5-3-10)16(19,20)21)22-15(23)13-8-12(17)6-7-14(13)18/h2-9H,1H3,(H,22,23). The first-order valence-electron chi connectivity index (χ1n) is 6.61. The number of carbonyl (C=O) groups excluding carboxylic acids is 1. The predicted molar refractivity (Wildman–Crippen MR) is 81.4 cm³/mol. The van der Waals surface area contributed by atoms with E-state index in [4.69, 9.17) is 0 Å². The van der Waals surface area contributed by atoms with Gasteiger partial charge < -0.3 is 5.32 Å². The number of halogens is 5. The van der Waals surface area contributed by atoms with E-state index >= 15 is 0 Å². The molecule has 0 aliphatic carbocycles. The fourth-order valence-corrected chi connectivity index (χ4v) is 2.35. The lowest BCUT2D eigenvalue weighted by Crippen LogP contribution is -2.27. The maximum Gasteiger partial charge on any atom is 0.416 e. The Labute approximate surface area is 138 Å². The minimum absolute atomic E-state index is 0.141. The molecule has 0 saturated carbocycles. The Hall–Kier alpha value is -1.89. The van der Waals surface area contributed by atoms with Gasteiger partial charge in [0.25, 0.3) is 5.91 Å². The Kier molecular flexibility index (Phi) is 5.09. The molecule has 1 amide bonds. The quantitative estimate of drug-likeness (QED) is 0.727. The highest BCUT2D eigenvalue weighted by Crippen LogP contribution is 2.30. The molecule has 0 fully saturated rings. The van der Waals surface area contributed by atoms with Gasteiger partial charge in [0.1, 0.15) is 5.82 Å². The van der Waals surface area contributed by atoms with Gasteiger partial charge >= 0.3 is 6.18 Å². The molecule has 0 aliphatic heterocycles. The highest BCUT2D eigenvalue weighted by molar-refractivity contribution is 9.10. The normalized spacial score (nSPS) is 12.8. The summed E-state index contributed by atoms with van der Waals surface area (Å²) in [5.41, 5.74) is -0.419. The van der Waals surface area contributed by atoms with Gasteiger partial charge in [0.2, 0.25) is 0 Å². The molecule has 0 heterocycles. The van der Waals surface area contributed by atoms with Gasteiger partial charge in [-0.1, -0.05) is 28.1 Å². The molecule has 2 rings (SSSR count). The number of amides is 1. The van der Waals surface area contributed by atoms with Crippen LogP contribution in [-0.4, -0.2) is 5.91 Å². The molecule has 0 aliphatic rings. The van der Waals surface area contributed by atoms with Crippen LogP contribution in [-0.2, 0) is 6.18 Å². The molecule has 0 aromatic heterocycles. The first-order chi connectivity index (χ1) is 10.7. The van der Waals surface area contributed by atoms with Crippen molar-refractivity contribution in [3.05, 3.63) is 69.4 Å². The molecule has 1 unspecified atom stereocenters. The van der Waals surface area contributed by atoms with Crippen molar-refractivity contribution in [3.8, 4) is 0 Å². The molecule has 2 aromatic rings. The van der Waals surface area contributed by atoms with Crippen molar-refractivity contribution in [1.29, 1.82) is 0 Å². The predicted octanol–water partition coefficient (Wildman–Crippen LogP) is 5.10. The average molecular weight is 390 g/mol. The van der Waals surface area contributed by atoms with Crippen LogP contribution in [0, 0.1) is 5.82 Å². The molecule has 23 heavy (non-hydrogen) atoms. The molecule has 1 atom stereocenters. The zero-order valence-corrected chi connectivity index (χ0v) is 13.5. The second kappa shape index (κ2) is 6.70. The van der Waals surface area contributed by atoms with Gasteiger partial charge in [-0.15, -0.1) is 0 Å². The highest BCUT2D eigenvalue weighted by atomic mass is 79.9. The minimum Gasteiger partial charge on any atom is -0.345 e. The molecule has 7 heteroatoms. The topological polar surface area (TPSA) is 29.1 Å². The molecule has 1 N–H and O–H groups in total. The summed E-state index contributed by atoms with van der Waals surface area (Å²) in [7, 11) is 0. The second-order valence-corrected chi connectivity index (χ2v) is 5.85. The molecule has 2 aromatic carbocycles. The monoisotopic (exact) mass is 389 g/mol. The summed E-state index contributed by atoms with van der Waals surface area (Å²) >= 11 is 3.15. The van der Waals surface area contributed by atoms with E-state index in [1.165, 1.54) is 24.3 Å². The van der Waals surface area contributed by atoms with Crippen molar-refractivity contribution in [2.45, 2.75) is 19.1 Å². The maximum atomic E-state index is 13.7. The summed E-state index contributed by atoms with van der Waals surface area (Å²) in [5.74, 6) is -1.32. The molecule has 0 bridgehead atoms. The van der Waals surface area contributed by atoms with Gasteiger partial charge in [0, 0.05) is 4.47 Å². The van der Waals surface area contributed by atoms with Crippen molar-refractivity contribution in [2.75, 3.05) is 0 Å². The van der Waals surface area contributed by atoms with Crippen molar-refractivity contribution in [1.82, 2.24) is 5.32 Å². The van der Waals surface area contributed by atoms with Gasteiger partial charge in [-0.05, 0) is 42.8 Å². The lowest BCUT2D eigenvalue weighted by atomic mass is 10.1. The van der Waals surface area contributed by atoms with E-state index < -0.39 is 29.5 Å². The Balaban J connectivity index is 2.14. The number of rotatable bonds is 3. The van der Waals surface area contributed by atoms with Crippen molar-refractivity contribution in [3.63, 3.8) is 0 Å². The van der Waals surface area contributed by atoms with Crippen LogP contribution in [0.5, 0.6) is 0 Å². The summed E-state index contributed by atoms with van der Waals surface area (Å²) < 4.78 is 51.8. The minimum atomic E-state index is -4.41. The highest BCUT2D eigenvalue weighted by Gasteiger charge is 2.30. The smallest absolute Gasteiger partial charge is 0.345 e. The Morgan fingerprint density at radius 2 is 1.74 bits per heavy atom. The third-order valence-corrected chi connectivity index (χ3v) is 3.75. The maximum absolute atomic E-state index is 13.7. The number of benzene rings is 2. The molecule has 122 valence electrons. The van der Waals surface area contributed by atoms with E-state index in [9.17, 15) is 22.4 Å². The van der Waals surface area contributed by atoms with Crippen LogP contribution in [0.4, 0.5) is 17.6 Å². The molecule has 2 nitrogen and oxygen atoms in total. The average Bonchev–Trinajstić information content (AvgIpc) is 2.48. The van der Waals surface area contributed by atoms with Crippen LogP contribution in [0.25, 0.3) is 0 Å². The van der Waals surface area contributed by atoms with E-state index in [1.54, 1.807) is 6.92 Å². The van der Waals surface area contributed by atoms with Gasteiger partial charge in [0.05, 0.1) is 17.2 Å². The molecular weight excluding hydrogens is 378 g/mol. The largest absolute Gasteiger partial charge is 0.416 e. The summed E-state index contributed by atoms with van der Waals surface area (Å²) in [4.78, 5) is 12.1. The Morgan fingerprint density at radius 1 is 1.13 bits per heavy atom. The first-order valence-corrected chi connectivity index (χ1v) is 7.41. The number of nitrogens with one attached hydrogen (secondary N) is 1. The molecular formula is C16H12BrF4NO. The van der Waals surface area contributed by atoms with E-state index in [2.05, 4.69) is 21.2 Å². The summed E-state index contributed by atoms with van der Waals surface area (Å²) in [6, 6.07) is 7.84. The Morgan fingerprint density at radius 3 is 2.30 bits per heavy atom. The third kappa shape index (κ3) is 4.31. The summed E-state index contributed by atoms with van der Waals surface area (Å²) in [6.07, 6.45) is -4.41. The van der Waals surface area contributed by atoms with E-state index in [1.807, 2.05) is 0 Å². The third-order valence-electron chi connectivity index (χ3n) is 3.26. The van der Waals surface area contributed by atoms with Gasteiger partial charge in [-0.3, -0.25) is 4.79 Å². The van der Waals surface area contributed by atoms with Crippen molar-refractivity contribution >= 4 is 21.8 Å². The van der Waals surface area contributed by atoms with E-state index in [0.29, 0.717) is 10.0 Å². The van der Waals surface area contributed by atoms with E-state index in [-0.39, 0.29) is 5.56 Å². The zero-order valence-electron chi connectivity index (χ0n) is 11.9. The van der Waals surface area contributed by atoms with Crippen LogP contribution in [0.1, 0.15) is 34.5 Å². The number of hydrogen-bond acceptors (Lipinski definition) is 1. The van der Waals surface area contributed by atoms with Gasteiger partial charge in [0.15, 0.2) is 0 Å². The van der Waals surface area contributed by atoms with E-state index in [0.717, 1.165) is 18.2 Å². The zero-order chi connectivity index (χ0) is 17.2. The van der Waals surface area contributed by atoms with Gasteiger partial charge in [-0.2, -0.15) is 13.2 Å². The van der Waals surface area contributed by atoms with Crippen LogP contribution in [0.3, 0.4) is 0 Å². The number of carbonyl (C=O) groups is 1. The van der Waals surface area contributed by atoms with Crippen LogP contribution >= 0.6 is 15.9 Å². The fraction of sp³-hybridized carbons (Fsp3) is 0.188. The molecule has 0 radical (unpaired) electrons. The summed E-state index contributed by atoms with van der Waals surface area (Å²) in [6.45, 7) is 1.61. The molecule has 0 spiro atoms. The van der Waals surface area contributed by atoms with Crippen LogP contribution in [0.2, 0.25) is 0 Å². The van der Waals surface area contributed by atoms with Crippen molar-refractivity contribution < 1.29 is 22.4 Å². The summed E-state index contributed by atoms with van der Waals surface area (Å²) in [5, 5.41) is 2.56. The lowest BCUT2D eigenvalue weighted by molar-refractivity contribution is -0.137. The van der Waals surface area contributed by atoms with Gasteiger partial charge in [-0.25, -0.2) is 4.39 Å². The SMILES string of the molecule is CC(NC(=O)c1cc(Br)ccc1F)c1ccc(C(F)(F)F)cc1. The van der Waals surface area contributed by atoms with Crippen molar-refractivity contribution in [2.24, 2.45) is 0 Å². The number of hydrogen-bond donors (Lipinski definition) is 1. The van der Waals surface area contributed by atoms with Crippen LogP contribution in [0.15, 0.2) is 46.9 Å². The van der Waals surface area contributed by atoms with Crippen LogP contribution < -0.4 is 5.32 Å².